The number of unbranched alkanes of at least 4 members (excludes halogenated alkanes) is 1. The molecule has 0 bridgehead atoms. The van der Waals surface area contributed by atoms with E-state index in [4.69, 9.17) is 4.74 Å². The van der Waals surface area contributed by atoms with E-state index in [9.17, 15) is 4.79 Å². The van der Waals surface area contributed by atoms with Gasteiger partial charge in [0, 0.05) is 33.2 Å². The molecule has 1 atom stereocenters. The second-order valence-electron chi connectivity index (χ2n) is 6.56. The number of nitrogens with one attached hydrogen (secondary N) is 2. The van der Waals surface area contributed by atoms with Crippen LogP contribution in [0.3, 0.4) is 0 Å². The summed E-state index contributed by atoms with van der Waals surface area (Å²) in [7, 11) is 3.92. The Morgan fingerprint density at radius 3 is 2.36 bits per heavy atom. The van der Waals surface area contributed by atoms with Crippen molar-refractivity contribution in [3.63, 3.8) is 0 Å². The number of ether oxygens (including phenoxy) is 1. The maximum absolute atomic E-state index is 11.8. The molecule has 0 saturated carbocycles. The lowest BCUT2D eigenvalue weighted by atomic mass is 10.1. The normalized spacial score (nSPS) is 13.5. The Bertz CT molecular complexity index is 349. The lowest BCUT2D eigenvalue weighted by molar-refractivity contribution is 0.0522. The van der Waals surface area contributed by atoms with Gasteiger partial charge in [-0.3, -0.25) is 4.99 Å². The maximum Gasteiger partial charge on any atom is 0.407 e. The second kappa shape index (κ2) is 10.3. The number of amides is 1. The van der Waals surface area contributed by atoms with Crippen LogP contribution in [0.1, 0.15) is 53.9 Å². The van der Waals surface area contributed by atoms with E-state index in [0.717, 1.165) is 31.8 Å². The average Bonchev–Trinajstić information content (AvgIpc) is 2.38. The van der Waals surface area contributed by atoms with Crippen molar-refractivity contribution >= 4 is 12.1 Å². The molecule has 0 rings (SSSR count). The monoisotopic (exact) mass is 314 g/mol. The van der Waals surface area contributed by atoms with Crippen molar-refractivity contribution in [2.24, 2.45) is 4.99 Å². The van der Waals surface area contributed by atoms with Gasteiger partial charge in [-0.2, -0.15) is 0 Å². The van der Waals surface area contributed by atoms with Gasteiger partial charge in [0.2, 0.25) is 0 Å². The predicted molar refractivity (Wildman–Crippen MR) is 92.3 cm³/mol. The molecule has 6 nitrogen and oxygen atoms in total. The minimum Gasteiger partial charge on any atom is -0.444 e. The molecular formula is C16H34N4O2. The number of aliphatic imine (C=N–C) groups is 1. The third kappa shape index (κ3) is 10.3. The number of alkyl carbamates (subject to hydrolysis) is 1. The number of hydrogen-bond acceptors (Lipinski definition) is 3. The zero-order valence-electron chi connectivity index (χ0n) is 15.3. The van der Waals surface area contributed by atoms with Crippen molar-refractivity contribution in [1.82, 2.24) is 15.5 Å². The van der Waals surface area contributed by atoms with Crippen LogP contribution < -0.4 is 10.6 Å². The topological polar surface area (TPSA) is 66.0 Å². The van der Waals surface area contributed by atoms with Crippen molar-refractivity contribution < 1.29 is 9.53 Å². The summed E-state index contributed by atoms with van der Waals surface area (Å²) in [5.41, 5.74) is -0.477. The molecule has 130 valence electrons. The lowest BCUT2D eigenvalue weighted by Crippen LogP contribution is -2.48. The molecule has 0 aromatic carbocycles. The molecule has 0 spiro atoms. The first-order valence-corrected chi connectivity index (χ1v) is 8.14. The van der Waals surface area contributed by atoms with E-state index in [2.05, 4.69) is 22.5 Å². The van der Waals surface area contributed by atoms with E-state index in [-0.39, 0.29) is 12.1 Å². The fraction of sp³-hybridized carbons (Fsp3) is 0.875. The molecule has 0 radical (unpaired) electrons. The van der Waals surface area contributed by atoms with Crippen molar-refractivity contribution in [3.8, 4) is 0 Å². The Balaban J connectivity index is 4.57. The first-order valence-electron chi connectivity index (χ1n) is 8.14. The van der Waals surface area contributed by atoms with Crippen LogP contribution in [-0.4, -0.2) is 55.8 Å². The summed E-state index contributed by atoms with van der Waals surface area (Å²) in [5, 5.41) is 6.25. The van der Waals surface area contributed by atoms with Crippen LogP contribution in [0.4, 0.5) is 4.79 Å². The Morgan fingerprint density at radius 1 is 1.27 bits per heavy atom. The number of guanidine groups is 1. The van der Waals surface area contributed by atoms with Crippen LogP contribution in [0.2, 0.25) is 0 Å². The smallest absolute Gasteiger partial charge is 0.407 e. The molecule has 0 fully saturated rings. The van der Waals surface area contributed by atoms with Gasteiger partial charge in [0.05, 0.1) is 0 Å². The highest BCUT2D eigenvalue weighted by Crippen LogP contribution is 2.07. The van der Waals surface area contributed by atoms with Crippen LogP contribution >= 0.6 is 0 Å². The summed E-state index contributed by atoms with van der Waals surface area (Å²) in [6.45, 7) is 11.0. The highest BCUT2D eigenvalue weighted by atomic mass is 16.6. The minimum absolute atomic E-state index is 0.139. The SMILES string of the molecule is CCCCC(CNC(=O)OC(C)(C)C)NC(=NCC)N(C)C. The zero-order valence-corrected chi connectivity index (χ0v) is 15.3. The number of nitrogens with zero attached hydrogens (tertiary/aromatic N) is 2. The third-order valence-electron chi connectivity index (χ3n) is 2.86. The minimum atomic E-state index is -0.477. The number of carbonyl (C=O) groups excluding carboxylic acids is 1. The molecule has 6 heteroatoms. The molecule has 1 unspecified atom stereocenters. The quantitative estimate of drug-likeness (QED) is 0.560. The van der Waals surface area contributed by atoms with Gasteiger partial charge in [-0.25, -0.2) is 4.79 Å². The molecule has 0 aromatic rings. The molecule has 0 heterocycles. The number of rotatable bonds is 7. The van der Waals surface area contributed by atoms with Crippen molar-refractivity contribution in [2.45, 2.75) is 65.5 Å². The van der Waals surface area contributed by atoms with Gasteiger partial charge >= 0.3 is 6.09 Å². The summed E-state index contributed by atoms with van der Waals surface area (Å²) in [5.74, 6) is 0.842. The Labute approximate surface area is 135 Å². The van der Waals surface area contributed by atoms with Crippen LogP contribution in [-0.2, 0) is 4.74 Å². The molecule has 1 amide bonds. The average molecular weight is 314 g/mol. The molecule has 22 heavy (non-hydrogen) atoms. The summed E-state index contributed by atoms with van der Waals surface area (Å²) < 4.78 is 5.27. The summed E-state index contributed by atoms with van der Waals surface area (Å²) in [4.78, 5) is 18.2. The van der Waals surface area contributed by atoms with Crippen LogP contribution in [0.25, 0.3) is 0 Å². The first-order chi connectivity index (χ1) is 10.2. The van der Waals surface area contributed by atoms with E-state index in [0.29, 0.717) is 6.54 Å². The molecule has 0 aliphatic carbocycles. The second-order valence-corrected chi connectivity index (χ2v) is 6.56. The van der Waals surface area contributed by atoms with Crippen molar-refractivity contribution in [1.29, 1.82) is 0 Å². The molecule has 0 aliphatic heterocycles. The maximum atomic E-state index is 11.8. The summed E-state index contributed by atoms with van der Waals surface area (Å²) in [6.07, 6.45) is 2.81. The van der Waals surface area contributed by atoms with E-state index in [1.165, 1.54) is 0 Å². The number of hydrogen-bond donors (Lipinski definition) is 2. The third-order valence-corrected chi connectivity index (χ3v) is 2.86. The number of carbonyl (C=O) groups is 1. The molecule has 0 saturated heterocycles. The van der Waals surface area contributed by atoms with E-state index >= 15 is 0 Å². The van der Waals surface area contributed by atoms with Gasteiger partial charge in [0.25, 0.3) is 0 Å². The predicted octanol–water partition coefficient (Wildman–Crippen LogP) is 2.60. The standard InChI is InChI=1S/C16H34N4O2/c1-8-10-11-13(19-14(17-9-2)20(6)7)12-18-15(21)22-16(3,4)5/h13H,8-12H2,1-7H3,(H,17,19)(H,18,21). The molecule has 0 aromatic heterocycles. The van der Waals surface area contributed by atoms with Gasteiger partial charge < -0.3 is 20.3 Å². The van der Waals surface area contributed by atoms with Gasteiger partial charge in [0.15, 0.2) is 5.96 Å². The molecular weight excluding hydrogens is 280 g/mol. The summed E-state index contributed by atoms with van der Waals surface area (Å²) >= 11 is 0. The zero-order chi connectivity index (χ0) is 17.2. The largest absolute Gasteiger partial charge is 0.444 e. The first kappa shape index (κ1) is 20.5. The molecule has 0 aliphatic rings. The van der Waals surface area contributed by atoms with Crippen molar-refractivity contribution in [3.05, 3.63) is 0 Å². The highest BCUT2D eigenvalue weighted by Gasteiger charge is 2.18. The lowest BCUT2D eigenvalue weighted by Gasteiger charge is -2.26. The van der Waals surface area contributed by atoms with Gasteiger partial charge in [-0.15, -0.1) is 0 Å². The van der Waals surface area contributed by atoms with Crippen LogP contribution in [0.5, 0.6) is 0 Å². The fourth-order valence-corrected chi connectivity index (χ4v) is 1.85. The van der Waals surface area contributed by atoms with Crippen molar-refractivity contribution in [2.75, 3.05) is 27.2 Å². The van der Waals surface area contributed by atoms with E-state index in [1.54, 1.807) is 0 Å². The van der Waals surface area contributed by atoms with Crippen LogP contribution in [0.15, 0.2) is 4.99 Å². The Morgan fingerprint density at radius 2 is 1.91 bits per heavy atom. The molecule has 2 N–H and O–H groups in total. The van der Waals surface area contributed by atoms with Crippen LogP contribution in [0, 0.1) is 0 Å². The Kier molecular flexibility index (Phi) is 9.61. The van der Waals surface area contributed by atoms with Gasteiger partial charge in [0.1, 0.15) is 5.60 Å². The van der Waals surface area contributed by atoms with E-state index in [1.807, 2.05) is 46.7 Å². The van der Waals surface area contributed by atoms with E-state index < -0.39 is 5.60 Å². The van der Waals surface area contributed by atoms with Gasteiger partial charge in [-0.1, -0.05) is 19.8 Å². The van der Waals surface area contributed by atoms with Gasteiger partial charge in [-0.05, 0) is 34.1 Å². The highest BCUT2D eigenvalue weighted by molar-refractivity contribution is 5.79. The summed E-state index contributed by atoms with van der Waals surface area (Å²) in [6, 6.07) is 0.139. The Hall–Kier alpha value is -1.46. The fourth-order valence-electron chi connectivity index (χ4n) is 1.85.